The lowest BCUT2D eigenvalue weighted by Crippen LogP contribution is -2.19. The van der Waals surface area contributed by atoms with Crippen molar-refractivity contribution in [2.75, 3.05) is 12.4 Å². The maximum absolute atomic E-state index is 13.6. The van der Waals surface area contributed by atoms with Crippen LogP contribution in [0.1, 0.15) is 45.1 Å². The van der Waals surface area contributed by atoms with Gasteiger partial charge in [0.25, 0.3) is 5.91 Å². The lowest BCUT2D eigenvalue weighted by Gasteiger charge is -2.11. The maximum Gasteiger partial charge on any atom is 0.341 e. The molecule has 1 amide bonds. The molecule has 8 heteroatoms. The summed E-state index contributed by atoms with van der Waals surface area (Å²) in [5, 5.41) is 5.06. The Kier molecular flexibility index (Phi) is 7.17. The number of amides is 1. The Morgan fingerprint density at radius 3 is 2.47 bits per heavy atom. The summed E-state index contributed by atoms with van der Waals surface area (Å²) >= 11 is 11.1. The zero-order valence-corrected chi connectivity index (χ0v) is 22.5. The number of carbonyl (C=O) groups is 2. The molecule has 0 aliphatic rings. The quantitative estimate of drug-likeness (QED) is 0.246. The minimum atomic E-state index is -0.483. The summed E-state index contributed by atoms with van der Waals surface area (Å²) in [5.41, 5.74) is 4.40. The average Bonchev–Trinajstić information content (AvgIpc) is 3.33. The van der Waals surface area contributed by atoms with Crippen LogP contribution in [0.4, 0.5) is 5.00 Å². The smallest absolute Gasteiger partial charge is 0.341 e. The van der Waals surface area contributed by atoms with E-state index in [9.17, 15) is 9.59 Å². The van der Waals surface area contributed by atoms with E-state index in [-0.39, 0.29) is 5.91 Å². The van der Waals surface area contributed by atoms with Gasteiger partial charge in [-0.1, -0.05) is 46.6 Å². The molecule has 2 aromatic heterocycles. The molecule has 1 N–H and O–H groups in total. The Hall–Kier alpha value is -2.61. The van der Waals surface area contributed by atoms with Crippen LogP contribution in [-0.2, 0) is 17.7 Å². The van der Waals surface area contributed by atoms with E-state index in [0.29, 0.717) is 34.2 Å². The highest BCUT2D eigenvalue weighted by atomic mass is 79.9. The molecule has 4 rings (SSSR count). The van der Waals surface area contributed by atoms with Crippen LogP contribution < -0.4 is 5.32 Å². The Balaban J connectivity index is 1.85. The second-order valence-electron chi connectivity index (χ2n) is 7.79. The van der Waals surface area contributed by atoms with Crippen molar-refractivity contribution in [3.8, 4) is 11.1 Å². The van der Waals surface area contributed by atoms with Gasteiger partial charge in [0.15, 0.2) is 0 Å². The summed E-state index contributed by atoms with van der Waals surface area (Å²) < 4.78 is 8.04. The number of aromatic nitrogens is 1. The number of methoxy groups -OCH3 is 1. The predicted octanol–water partition coefficient (Wildman–Crippen LogP) is 7.72. The molecule has 0 aliphatic carbocycles. The van der Waals surface area contributed by atoms with Gasteiger partial charge in [-0.15, -0.1) is 11.3 Å². The molecule has 0 fully saturated rings. The monoisotopic (exact) mass is 558 g/mol. The first-order valence-corrected chi connectivity index (χ1v) is 12.9. The summed E-state index contributed by atoms with van der Waals surface area (Å²) in [7, 11) is 1.35. The van der Waals surface area contributed by atoms with E-state index >= 15 is 0 Å². The first-order valence-electron chi connectivity index (χ1n) is 10.9. The molecular formula is C26H24BrClN2O3S. The van der Waals surface area contributed by atoms with Gasteiger partial charge in [-0.3, -0.25) is 4.79 Å². The third-order valence-electron chi connectivity index (χ3n) is 5.86. The number of benzene rings is 2. The second-order valence-corrected chi connectivity index (χ2v) is 10.2. The van der Waals surface area contributed by atoms with Gasteiger partial charge < -0.3 is 14.6 Å². The Morgan fingerprint density at radius 2 is 1.85 bits per heavy atom. The van der Waals surface area contributed by atoms with Crippen LogP contribution in [0.15, 0.2) is 46.9 Å². The van der Waals surface area contributed by atoms with E-state index in [1.807, 2.05) is 67.8 Å². The van der Waals surface area contributed by atoms with Crippen molar-refractivity contribution in [2.24, 2.45) is 0 Å². The predicted molar refractivity (Wildman–Crippen MR) is 143 cm³/mol. The van der Waals surface area contributed by atoms with Crippen LogP contribution >= 0.6 is 38.9 Å². The number of carbonyl (C=O) groups excluding carboxylic acids is 2. The van der Waals surface area contributed by atoms with Gasteiger partial charge in [-0.25, -0.2) is 4.79 Å². The number of halogens is 2. The lowest BCUT2D eigenvalue weighted by molar-refractivity contribution is 0.0603. The van der Waals surface area contributed by atoms with Gasteiger partial charge in [-0.2, -0.15) is 0 Å². The van der Waals surface area contributed by atoms with Crippen LogP contribution in [0.2, 0.25) is 5.02 Å². The van der Waals surface area contributed by atoms with Crippen molar-refractivity contribution in [3.63, 3.8) is 0 Å². The van der Waals surface area contributed by atoms with E-state index in [4.69, 9.17) is 16.3 Å². The van der Waals surface area contributed by atoms with Crippen molar-refractivity contribution in [1.29, 1.82) is 0 Å². The fourth-order valence-electron chi connectivity index (χ4n) is 4.31. The maximum atomic E-state index is 13.6. The van der Waals surface area contributed by atoms with Crippen molar-refractivity contribution in [2.45, 2.75) is 33.7 Å². The minimum absolute atomic E-state index is 0.275. The number of rotatable bonds is 6. The van der Waals surface area contributed by atoms with Gasteiger partial charge >= 0.3 is 5.97 Å². The summed E-state index contributed by atoms with van der Waals surface area (Å²) in [6, 6.07) is 13.4. The summed E-state index contributed by atoms with van der Waals surface area (Å²) in [4.78, 5) is 27.5. The van der Waals surface area contributed by atoms with Crippen molar-refractivity contribution in [3.05, 3.63) is 73.7 Å². The Labute approximate surface area is 215 Å². The molecule has 0 unspecified atom stereocenters. The average molecular weight is 560 g/mol. The Bertz CT molecular complexity index is 1410. The van der Waals surface area contributed by atoms with Crippen molar-refractivity contribution >= 4 is 66.6 Å². The molecule has 0 saturated heterocycles. The highest BCUT2D eigenvalue weighted by molar-refractivity contribution is 9.10. The van der Waals surface area contributed by atoms with Crippen LogP contribution in [0.3, 0.4) is 0 Å². The first-order chi connectivity index (χ1) is 16.3. The molecule has 0 radical (unpaired) electrons. The van der Waals surface area contributed by atoms with Crippen LogP contribution in [0, 0.1) is 6.92 Å². The SMILES string of the molecule is CCc1sc(NC(=O)c2c(C)c3cc(Cl)ccc3n2CC)c(C(=O)OC)c1-c1ccc(Br)cc1. The number of nitrogens with one attached hydrogen (secondary N) is 1. The molecule has 0 aliphatic heterocycles. The lowest BCUT2D eigenvalue weighted by atomic mass is 10.00. The fraction of sp³-hybridized carbons (Fsp3) is 0.231. The van der Waals surface area contributed by atoms with Gasteiger partial charge in [0, 0.05) is 37.4 Å². The third kappa shape index (κ3) is 4.28. The molecule has 4 aromatic rings. The normalized spacial score (nSPS) is 11.1. The molecule has 34 heavy (non-hydrogen) atoms. The highest BCUT2D eigenvalue weighted by Crippen LogP contribution is 2.42. The van der Waals surface area contributed by atoms with Gasteiger partial charge in [0.2, 0.25) is 0 Å². The van der Waals surface area contributed by atoms with E-state index in [2.05, 4.69) is 21.2 Å². The van der Waals surface area contributed by atoms with E-state index in [0.717, 1.165) is 36.9 Å². The van der Waals surface area contributed by atoms with Crippen LogP contribution in [0.25, 0.3) is 22.0 Å². The summed E-state index contributed by atoms with van der Waals surface area (Å²) in [6.07, 6.45) is 0.711. The summed E-state index contributed by atoms with van der Waals surface area (Å²) in [5.74, 6) is -0.758. The van der Waals surface area contributed by atoms with Gasteiger partial charge in [0.05, 0.1) is 7.11 Å². The molecule has 2 aromatic carbocycles. The second kappa shape index (κ2) is 9.94. The molecule has 176 valence electrons. The first kappa shape index (κ1) is 24.5. The standard InChI is InChI=1S/C26H24BrClN2O3S/c1-5-20-21(15-7-9-16(27)10-8-15)22(26(32)33-4)25(34-20)29-24(31)23-14(3)18-13-17(28)11-12-19(18)30(23)6-2/h7-13H,5-6H2,1-4H3,(H,29,31). The number of hydrogen-bond donors (Lipinski definition) is 1. The van der Waals surface area contributed by atoms with Gasteiger partial charge in [0.1, 0.15) is 16.3 Å². The number of thiophene rings is 1. The van der Waals surface area contributed by atoms with Crippen LogP contribution in [-0.4, -0.2) is 23.6 Å². The zero-order chi connectivity index (χ0) is 24.6. The van der Waals surface area contributed by atoms with Gasteiger partial charge in [-0.05, 0) is 61.7 Å². The van der Waals surface area contributed by atoms with Crippen molar-refractivity contribution in [1.82, 2.24) is 4.57 Å². The third-order valence-corrected chi connectivity index (χ3v) is 7.87. The molecule has 0 saturated carbocycles. The molecular weight excluding hydrogens is 536 g/mol. The minimum Gasteiger partial charge on any atom is -0.465 e. The number of nitrogens with zero attached hydrogens (tertiary/aromatic N) is 1. The highest BCUT2D eigenvalue weighted by Gasteiger charge is 2.28. The molecule has 0 atom stereocenters. The van der Waals surface area contributed by atoms with E-state index in [1.54, 1.807) is 0 Å². The number of hydrogen-bond acceptors (Lipinski definition) is 4. The van der Waals surface area contributed by atoms with E-state index in [1.165, 1.54) is 18.4 Å². The molecule has 5 nitrogen and oxygen atoms in total. The molecule has 2 heterocycles. The number of fused-ring (bicyclic) bond motifs is 1. The van der Waals surface area contributed by atoms with Crippen LogP contribution in [0.5, 0.6) is 0 Å². The Morgan fingerprint density at radius 1 is 1.15 bits per heavy atom. The van der Waals surface area contributed by atoms with Crippen molar-refractivity contribution < 1.29 is 14.3 Å². The fourth-order valence-corrected chi connectivity index (χ4v) is 5.89. The number of anilines is 1. The number of aryl methyl sites for hydroxylation is 3. The topological polar surface area (TPSA) is 60.3 Å². The number of ether oxygens (including phenoxy) is 1. The number of esters is 1. The summed E-state index contributed by atoms with van der Waals surface area (Å²) in [6.45, 7) is 6.56. The largest absolute Gasteiger partial charge is 0.465 e. The molecule has 0 bridgehead atoms. The zero-order valence-electron chi connectivity index (χ0n) is 19.3. The van der Waals surface area contributed by atoms with E-state index < -0.39 is 5.97 Å². The molecule has 0 spiro atoms.